The molecule has 6 nitrogen and oxygen atoms in total. The summed E-state index contributed by atoms with van der Waals surface area (Å²) in [5, 5.41) is 3.47. The maximum atomic E-state index is 12.3. The van der Waals surface area contributed by atoms with Crippen LogP contribution in [-0.2, 0) is 9.53 Å². The van der Waals surface area contributed by atoms with Gasteiger partial charge in [0.25, 0.3) is 5.91 Å². The minimum Gasteiger partial charge on any atom is -0.462 e. The van der Waals surface area contributed by atoms with E-state index in [1.807, 2.05) is 12.1 Å². The Morgan fingerprint density at radius 3 is 2.62 bits per heavy atom. The van der Waals surface area contributed by atoms with Gasteiger partial charge >= 0.3 is 5.97 Å². The first kappa shape index (κ1) is 20.3. The molecule has 2 rings (SSSR count). The summed E-state index contributed by atoms with van der Waals surface area (Å²) in [5.41, 5.74) is 5.89. The third-order valence-electron chi connectivity index (χ3n) is 3.30. The average molecular weight is 413 g/mol. The Morgan fingerprint density at radius 2 is 2.00 bits per heavy atom. The SMILES string of the molecule is CCOC(=O)c1c(NC(=O)CSc2ccccc2Cl)sc(C(N)=O)c1C. The number of rotatable bonds is 7. The van der Waals surface area contributed by atoms with Crippen LogP contribution >= 0.6 is 34.7 Å². The number of thioether (sulfide) groups is 1. The Bertz CT molecular complexity index is 851. The van der Waals surface area contributed by atoms with Gasteiger partial charge in [0.2, 0.25) is 5.91 Å². The number of ether oxygens (including phenoxy) is 1. The first-order chi connectivity index (χ1) is 12.3. The smallest absolute Gasteiger partial charge is 0.341 e. The molecule has 0 atom stereocenters. The predicted molar refractivity (Wildman–Crippen MR) is 104 cm³/mol. The van der Waals surface area contributed by atoms with E-state index in [1.54, 1.807) is 26.0 Å². The Balaban J connectivity index is 2.18. The fraction of sp³-hybridized carbons (Fsp3) is 0.235. The molecule has 0 radical (unpaired) electrons. The van der Waals surface area contributed by atoms with Gasteiger partial charge in [0.15, 0.2) is 0 Å². The van der Waals surface area contributed by atoms with Crippen LogP contribution in [0.5, 0.6) is 0 Å². The zero-order valence-electron chi connectivity index (χ0n) is 14.1. The number of halogens is 1. The minimum atomic E-state index is -0.663. The van der Waals surface area contributed by atoms with Gasteiger partial charge in [-0.05, 0) is 31.5 Å². The minimum absolute atomic E-state index is 0.0921. The van der Waals surface area contributed by atoms with Gasteiger partial charge in [0, 0.05) is 4.90 Å². The number of hydrogen-bond donors (Lipinski definition) is 2. The molecule has 0 bridgehead atoms. The van der Waals surface area contributed by atoms with Crippen molar-refractivity contribution in [2.24, 2.45) is 5.73 Å². The summed E-state index contributed by atoms with van der Waals surface area (Å²) < 4.78 is 5.01. The molecule has 2 aromatic rings. The number of carbonyl (C=O) groups is 3. The average Bonchev–Trinajstić information content (AvgIpc) is 2.90. The first-order valence-electron chi connectivity index (χ1n) is 7.62. The van der Waals surface area contributed by atoms with Crippen LogP contribution in [0.15, 0.2) is 29.2 Å². The number of anilines is 1. The van der Waals surface area contributed by atoms with Gasteiger partial charge in [-0.25, -0.2) is 4.79 Å². The second-order valence-corrected chi connectivity index (χ2v) is 7.56. The molecule has 1 aromatic carbocycles. The van der Waals surface area contributed by atoms with E-state index >= 15 is 0 Å². The normalized spacial score (nSPS) is 10.4. The molecule has 0 unspecified atom stereocenters. The van der Waals surface area contributed by atoms with Crippen molar-refractivity contribution < 1.29 is 19.1 Å². The lowest BCUT2D eigenvalue weighted by Gasteiger charge is -2.07. The van der Waals surface area contributed by atoms with Gasteiger partial charge in [-0.15, -0.1) is 23.1 Å². The van der Waals surface area contributed by atoms with E-state index < -0.39 is 11.9 Å². The van der Waals surface area contributed by atoms with Gasteiger partial charge in [-0.2, -0.15) is 0 Å². The van der Waals surface area contributed by atoms with Crippen molar-refractivity contribution in [3.8, 4) is 0 Å². The van der Waals surface area contributed by atoms with E-state index in [9.17, 15) is 14.4 Å². The molecule has 3 N–H and O–H groups in total. The molecule has 26 heavy (non-hydrogen) atoms. The highest BCUT2D eigenvalue weighted by atomic mass is 35.5. The van der Waals surface area contributed by atoms with Crippen LogP contribution in [0.1, 0.15) is 32.5 Å². The van der Waals surface area contributed by atoms with E-state index in [1.165, 1.54) is 11.8 Å². The standard InChI is InChI=1S/C17H17ClN2O4S2/c1-3-24-17(23)13-9(2)14(15(19)22)26-16(13)20-12(21)8-25-11-7-5-4-6-10(11)18/h4-7H,3,8H2,1-2H3,(H2,19,22)(H,20,21). The van der Waals surface area contributed by atoms with Gasteiger partial charge < -0.3 is 15.8 Å². The maximum absolute atomic E-state index is 12.3. The first-order valence-corrected chi connectivity index (χ1v) is 9.80. The van der Waals surface area contributed by atoms with Crippen LogP contribution in [0.3, 0.4) is 0 Å². The highest BCUT2D eigenvalue weighted by molar-refractivity contribution is 8.00. The van der Waals surface area contributed by atoms with Crippen molar-refractivity contribution in [1.29, 1.82) is 0 Å². The summed E-state index contributed by atoms with van der Waals surface area (Å²) >= 11 is 8.29. The van der Waals surface area contributed by atoms with Crippen molar-refractivity contribution in [3.05, 3.63) is 45.3 Å². The van der Waals surface area contributed by atoms with Gasteiger partial charge in [-0.3, -0.25) is 9.59 Å². The summed E-state index contributed by atoms with van der Waals surface area (Å²) in [6.07, 6.45) is 0. The molecule has 0 saturated heterocycles. The van der Waals surface area contributed by atoms with E-state index in [0.29, 0.717) is 10.6 Å². The fourth-order valence-corrected chi connectivity index (χ4v) is 4.26. The number of amides is 2. The zero-order valence-corrected chi connectivity index (χ0v) is 16.5. The molecule has 0 fully saturated rings. The molecule has 0 spiro atoms. The summed E-state index contributed by atoms with van der Waals surface area (Å²) in [7, 11) is 0. The lowest BCUT2D eigenvalue weighted by Crippen LogP contribution is -2.16. The third-order valence-corrected chi connectivity index (χ3v) is 6.04. The lowest BCUT2D eigenvalue weighted by atomic mass is 10.1. The van der Waals surface area contributed by atoms with Crippen LogP contribution in [0.2, 0.25) is 5.02 Å². The molecule has 1 heterocycles. The highest BCUT2D eigenvalue weighted by Crippen LogP contribution is 2.34. The van der Waals surface area contributed by atoms with Crippen molar-refractivity contribution in [3.63, 3.8) is 0 Å². The highest BCUT2D eigenvalue weighted by Gasteiger charge is 2.25. The largest absolute Gasteiger partial charge is 0.462 e. The molecule has 1 aromatic heterocycles. The third kappa shape index (κ3) is 4.78. The summed E-state index contributed by atoms with van der Waals surface area (Å²) in [4.78, 5) is 37.0. The van der Waals surface area contributed by atoms with E-state index in [2.05, 4.69) is 5.32 Å². The molecular formula is C17H17ClN2O4S2. The molecular weight excluding hydrogens is 396 g/mol. The van der Waals surface area contributed by atoms with Crippen molar-refractivity contribution >= 4 is 57.5 Å². The van der Waals surface area contributed by atoms with E-state index in [4.69, 9.17) is 22.1 Å². The Kier molecular flexibility index (Phi) is 7.07. The summed E-state index contributed by atoms with van der Waals surface area (Å²) in [5.74, 6) is -1.51. The lowest BCUT2D eigenvalue weighted by molar-refractivity contribution is -0.113. The second kappa shape index (κ2) is 9.07. The molecule has 138 valence electrons. The van der Waals surface area contributed by atoms with E-state index in [-0.39, 0.29) is 33.7 Å². The van der Waals surface area contributed by atoms with Crippen LogP contribution in [0.25, 0.3) is 0 Å². The molecule has 0 aliphatic carbocycles. The van der Waals surface area contributed by atoms with Crippen LogP contribution in [0.4, 0.5) is 5.00 Å². The summed E-state index contributed by atoms with van der Waals surface area (Å²) in [6, 6.07) is 7.18. The molecule has 0 aliphatic rings. The quantitative estimate of drug-likeness (QED) is 0.533. The Labute approximate surface area is 164 Å². The molecule has 0 aliphatic heterocycles. The predicted octanol–water partition coefficient (Wildman–Crippen LogP) is 3.72. The van der Waals surface area contributed by atoms with Gasteiger partial charge in [0.05, 0.1) is 27.8 Å². The monoisotopic (exact) mass is 412 g/mol. The second-order valence-electron chi connectivity index (χ2n) is 5.11. The zero-order chi connectivity index (χ0) is 19.3. The Hall–Kier alpha value is -2.03. The molecule has 9 heteroatoms. The summed E-state index contributed by atoms with van der Waals surface area (Å²) in [6.45, 7) is 3.44. The van der Waals surface area contributed by atoms with Crippen molar-refractivity contribution in [2.45, 2.75) is 18.7 Å². The van der Waals surface area contributed by atoms with Gasteiger partial charge in [0.1, 0.15) is 5.00 Å². The number of nitrogens with two attached hydrogens (primary N) is 1. The molecule has 0 saturated carbocycles. The van der Waals surface area contributed by atoms with Crippen LogP contribution in [0, 0.1) is 6.92 Å². The fourth-order valence-electron chi connectivity index (χ4n) is 2.15. The van der Waals surface area contributed by atoms with Crippen LogP contribution in [-0.4, -0.2) is 30.1 Å². The number of primary amides is 1. The number of benzene rings is 1. The van der Waals surface area contributed by atoms with E-state index in [0.717, 1.165) is 16.2 Å². The Morgan fingerprint density at radius 1 is 1.31 bits per heavy atom. The number of thiophene rings is 1. The van der Waals surface area contributed by atoms with Crippen molar-refractivity contribution in [1.82, 2.24) is 0 Å². The maximum Gasteiger partial charge on any atom is 0.341 e. The van der Waals surface area contributed by atoms with Gasteiger partial charge in [-0.1, -0.05) is 23.7 Å². The topological polar surface area (TPSA) is 98.5 Å². The van der Waals surface area contributed by atoms with Crippen molar-refractivity contribution in [2.75, 3.05) is 17.7 Å². The number of carbonyl (C=O) groups excluding carboxylic acids is 3. The van der Waals surface area contributed by atoms with Crippen LogP contribution < -0.4 is 11.1 Å². The number of hydrogen-bond acceptors (Lipinski definition) is 6. The number of nitrogens with one attached hydrogen (secondary N) is 1. The number of esters is 1. The molecule has 2 amide bonds.